The Labute approximate surface area is 58.6 Å². The lowest BCUT2D eigenvalue weighted by atomic mass is 10.3. The quantitative estimate of drug-likeness (QED) is 0.508. The zero-order valence-corrected chi connectivity index (χ0v) is 6.39. The van der Waals surface area contributed by atoms with E-state index in [9.17, 15) is 0 Å². The van der Waals surface area contributed by atoms with Gasteiger partial charge in [-0.2, -0.15) is 0 Å². The van der Waals surface area contributed by atoms with Gasteiger partial charge < -0.3 is 0 Å². The van der Waals surface area contributed by atoms with E-state index >= 15 is 0 Å². The molecule has 2 heteroatoms. The van der Waals surface area contributed by atoms with Crippen molar-refractivity contribution in [3.63, 3.8) is 0 Å². The predicted molar refractivity (Wildman–Crippen MR) is 39.0 cm³/mol. The van der Waals surface area contributed by atoms with Gasteiger partial charge in [-0.3, -0.25) is 4.98 Å². The largest absolute Gasteiger partial charge is 0.264 e. The van der Waals surface area contributed by atoms with Crippen LogP contribution in [0.4, 0.5) is 0 Å². The first-order valence-electron chi connectivity index (χ1n) is 3.00. The zero-order chi connectivity index (χ0) is 6.69. The van der Waals surface area contributed by atoms with Gasteiger partial charge in [-0.25, -0.2) is 0 Å². The number of pyridine rings is 1. The molecule has 0 N–H and O–H groups in total. The van der Waals surface area contributed by atoms with Crippen molar-refractivity contribution in [1.82, 2.24) is 4.98 Å². The average Bonchev–Trinajstić information content (AvgIpc) is 1.88. The molecule has 0 aliphatic heterocycles. The summed E-state index contributed by atoms with van der Waals surface area (Å²) >= 11 is 0. The molecule has 0 aromatic carbocycles. The van der Waals surface area contributed by atoms with E-state index in [0.717, 1.165) is 17.4 Å². The number of nitrogens with zero attached hydrogens (tertiary/aromatic N) is 1. The van der Waals surface area contributed by atoms with E-state index < -0.39 is 0 Å². The highest BCUT2D eigenvalue weighted by Crippen LogP contribution is 1.89. The van der Waals surface area contributed by atoms with Crippen LogP contribution in [-0.2, 0) is 6.42 Å². The second kappa shape index (κ2) is 2.78. The van der Waals surface area contributed by atoms with E-state index in [-0.39, 0.29) is 0 Å². The molecule has 0 amide bonds. The van der Waals surface area contributed by atoms with Gasteiger partial charge in [-0.1, -0.05) is 13.0 Å². The molecule has 0 spiro atoms. The summed E-state index contributed by atoms with van der Waals surface area (Å²) in [5, 5.41) is 0.911. The van der Waals surface area contributed by atoms with Crippen molar-refractivity contribution in [3.05, 3.63) is 23.9 Å². The summed E-state index contributed by atoms with van der Waals surface area (Å²) in [6, 6.07) is 5.94. The molecule has 1 rings (SSSR count). The minimum absolute atomic E-state index is 0.911. The number of aromatic nitrogens is 1. The standard InChI is InChI=1S/C7H8NSi/c1-2-6-4-3-5-7(9)8-6/h3-5H,2H2,1H3. The fourth-order valence-electron chi connectivity index (χ4n) is 0.676. The van der Waals surface area contributed by atoms with Crippen molar-refractivity contribution in [3.8, 4) is 0 Å². The molecule has 0 aliphatic rings. The van der Waals surface area contributed by atoms with Crippen LogP contribution in [0.2, 0.25) is 0 Å². The highest BCUT2D eigenvalue weighted by molar-refractivity contribution is 6.30. The molecule has 3 radical (unpaired) electrons. The lowest BCUT2D eigenvalue weighted by molar-refractivity contribution is 1.05. The first-order chi connectivity index (χ1) is 4.33. The molecule has 0 atom stereocenters. The molecule has 0 saturated heterocycles. The molecule has 45 valence electrons. The van der Waals surface area contributed by atoms with Crippen molar-refractivity contribution >= 4 is 15.6 Å². The van der Waals surface area contributed by atoms with Crippen LogP contribution in [0.25, 0.3) is 0 Å². The smallest absolute Gasteiger partial charge is 0.0995 e. The molecule has 9 heavy (non-hydrogen) atoms. The second-order valence-electron chi connectivity index (χ2n) is 1.87. The Bertz CT molecular complexity index is 198. The van der Waals surface area contributed by atoms with Gasteiger partial charge in [0.15, 0.2) is 0 Å². The summed E-state index contributed by atoms with van der Waals surface area (Å²) in [6.45, 7) is 2.09. The Kier molecular flexibility index (Phi) is 2.00. The van der Waals surface area contributed by atoms with E-state index in [1.54, 1.807) is 0 Å². The molecular weight excluding hydrogens is 126 g/mol. The maximum absolute atomic E-state index is 4.21. The summed E-state index contributed by atoms with van der Waals surface area (Å²) in [7, 11) is 3.34. The normalized spacial score (nSPS) is 9.56. The Balaban J connectivity index is 2.94. The van der Waals surface area contributed by atoms with Gasteiger partial charge in [0.05, 0.1) is 10.2 Å². The van der Waals surface area contributed by atoms with Gasteiger partial charge in [0.1, 0.15) is 0 Å². The SMILES string of the molecule is CCc1cccc([Si])n1. The second-order valence-corrected chi connectivity index (χ2v) is 2.38. The summed E-state index contributed by atoms with van der Waals surface area (Å²) in [5.41, 5.74) is 1.13. The van der Waals surface area contributed by atoms with E-state index in [4.69, 9.17) is 0 Å². The average molecular weight is 134 g/mol. The topological polar surface area (TPSA) is 12.9 Å². The Morgan fingerprint density at radius 2 is 2.33 bits per heavy atom. The first kappa shape index (κ1) is 6.49. The lowest BCUT2D eigenvalue weighted by Crippen LogP contribution is -2.08. The van der Waals surface area contributed by atoms with Crippen LogP contribution in [-0.4, -0.2) is 15.2 Å². The molecule has 0 bridgehead atoms. The molecule has 1 aromatic heterocycles. The summed E-state index contributed by atoms with van der Waals surface area (Å²) in [5.74, 6) is 0. The van der Waals surface area contributed by atoms with Crippen LogP contribution in [0.3, 0.4) is 0 Å². The number of hydrogen-bond donors (Lipinski definition) is 0. The van der Waals surface area contributed by atoms with Gasteiger partial charge in [-0.05, 0) is 18.6 Å². The van der Waals surface area contributed by atoms with Crippen molar-refractivity contribution in [1.29, 1.82) is 0 Å². The Morgan fingerprint density at radius 3 is 2.78 bits per heavy atom. The Hall–Kier alpha value is -0.633. The van der Waals surface area contributed by atoms with E-state index in [1.807, 2.05) is 18.2 Å². The third-order valence-electron chi connectivity index (χ3n) is 1.17. The third kappa shape index (κ3) is 1.64. The van der Waals surface area contributed by atoms with Crippen LogP contribution >= 0.6 is 0 Å². The Morgan fingerprint density at radius 1 is 1.56 bits per heavy atom. The van der Waals surface area contributed by atoms with Crippen molar-refractivity contribution in [2.24, 2.45) is 0 Å². The minimum Gasteiger partial charge on any atom is -0.264 e. The van der Waals surface area contributed by atoms with Crippen molar-refractivity contribution in [2.45, 2.75) is 13.3 Å². The van der Waals surface area contributed by atoms with Gasteiger partial charge >= 0.3 is 0 Å². The molecule has 1 nitrogen and oxygen atoms in total. The van der Waals surface area contributed by atoms with E-state index in [2.05, 4.69) is 22.2 Å². The summed E-state index contributed by atoms with van der Waals surface area (Å²) < 4.78 is 0. The highest BCUT2D eigenvalue weighted by atomic mass is 28.1. The minimum atomic E-state index is 0.911. The van der Waals surface area contributed by atoms with Crippen LogP contribution in [0, 0.1) is 0 Å². The van der Waals surface area contributed by atoms with E-state index in [0.29, 0.717) is 0 Å². The molecule has 1 heterocycles. The van der Waals surface area contributed by atoms with Gasteiger partial charge in [0.25, 0.3) is 0 Å². The molecule has 0 fully saturated rings. The molecule has 0 unspecified atom stereocenters. The fourth-order valence-corrected chi connectivity index (χ4v) is 0.916. The van der Waals surface area contributed by atoms with Gasteiger partial charge in [-0.15, -0.1) is 0 Å². The summed E-state index contributed by atoms with van der Waals surface area (Å²) in [6.07, 6.45) is 0.998. The van der Waals surface area contributed by atoms with Crippen LogP contribution in [0.15, 0.2) is 18.2 Å². The van der Waals surface area contributed by atoms with E-state index in [1.165, 1.54) is 0 Å². The lowest BCUT2D eigenvalue weighted by Gasteiger charge is -1.94. The highest BCUT2D eigenvalue weighted by Gasteiger charge is 1.87. The van der Waals surface area contributed by atoms with Crippen molar-refractivity contribution in [2.75, 3.05) is 0 Å². The fraction of sp³-hybridized carbons (Fsp3) is 0.286. The first-order valence-corrected chi connectivity index (χ1v) is 3.50. The number of hydrogen-bond acceptors (Lipinski definition) is 1. The van der Waals surface area contributed by atoms with Gasteiger partial charge in [0, 0.05) is 11.0 Å². The zero-order valence-electron chi connectivity index (χ0n) is 5.39. The third-order valence-corrected chi connectivity index (χ3v) is 1.45. The monoisotopic (exact) mass is 134 g/mol. The number of rotatable bonds is 1. The molecule has 0 saturated carbocycles. The van der Waals surface area contributed by atoms with Crippen LogP contribution in [0.5, 0.6) is 0 Å². The predicted octanol–water partition coefficient (Wildman–Crippen LogP) is 0.438. The summed E-state index contributed by atoms with van der Waals surface area (Å²) in [4.78, 5) is 4.21. The molecule has 1 aromatic rings. The van der Waals surface area contributed by atoms with Crippen LogP contribution in [0.1, 0.15) is 12.6 Å². The van der Waals surface area contributed by atoms with Crippen molar-refractivity contribution < 1.29 is 0 Å². The van der Waals surface area contributed by atoms with Gasteiger partial charge in [0.2, 0.25) is 0 Å². The maximum atomic E-state index is 4.21. The number of aryl methyl sites for hydroxylation is 1. The molecular formula is C7H8NSi. The maximum Gasteiger partial charge on any atom is 0.0995 e. The van der Waals surface area contributed by atoms with Crippen LogP contribution < -0.4 is 5.32 Å². The molecule has 0 aliphatic carbocycles.